The number of likely N-dealkylation sites (tertiary alicyclic amines) is 1. The molecule has 1 aliphatic heterocycles. The second-order valence-electron chi connectivity index (χ2n) is 7.01. The Hall–Kier alpha value is -1.59. The number of benzene rings is 1. The summed E-state index contributed by atoms with van der Waals surface area (Å²) in [5.41, 5.74) is 0.382. The van der Waals surface area contributed by atoms with Crippen molar-refractivity contribution < 1.29 is 9.59 Å². The predicted molar refractivity (Wildman–Crippen MR) is 101 cm³/mol. The van der Waals surface area contributed by atoms with Gasteiger partial charge in [0, 0.05) is 12.6 Å². The fraction of sp³-hybridized carbons (Fsp3) is 0.579. The molecule has 0 radical (unpaired) electrons. The fourth-order valence-corrected chi connectivity index (χ4v) is 3.29. The summed E-state index contributed by atoms with van der Waals surface area (Å²) in [6.45, 7) is 8.73. The Morgan fingerprint density at radius 1 is 1.16 bits per heavy atom. The van der Waals surface area contributed by atoms with Gasteiger partial charge in [-0.15, -0.1) is 0 Å². The van der Waals surface area contributed by atoms with Crippen LogP contribution in [0, 0.1) is 5.92 Å². The molecule has 138 valence electrons. The second-order valence-corrected chi connectivity index (χ2v) is 7.42. The van der Waals surface area contributed by atoms with Crippen molar-refractivity contribution in [3.8, 4) is 0 Å². The lowest BCUT2D eigenvalue weighted by atomic mass is 10.0. The number of rotatable bonds is 7. The van der Waals surface area contributed by atoms with E-state index in [9.17, 15) is 9.59 Å². The maximum absolute atomic E-state index is 12.6. The molecule has 0 bridgehead atoms. The maximum Gasteiger partial charge on any atom is 0.253 e. The van der Waals surface area contributed by atoms with E-state index in [1.165, 1.54) is 12.8 Å². The van der Waals surface area contributed by atoms with Crippen molar-refractivity contribution in [2.45, 2.75) is 45.7 Å². The Kier molecular flexibility index (Phi) is 7.26. The predicted octanol–water partition coefficient (Wildman–Crippen LogP) is 2.69. The molecule has 1 saturated heterocycles. The van der Waals surface area contributed by atoms with Crippen molar-refractivity contribution in [1.82, 2.24) is 15.5 Å². The zero-order valence-corrected chi connectivity index (χ0v) is 16.0. The van der Waals surface area contributed by atoms with Gasteiger partial charge in [0.25, 0.3) is 5.91 Å². The highest BCUT2D eigenvalue weighted by Crippen LogP contribution is 2.16. The van der Waals surface area contributed by atoms with E-state index in [-0.39, 0.29) is 17.7 Å². The number of nitrogens with zero attached hydrogens (tertiary/aromatic N) is 1. The molecule has 6 heteroatoms. The molecule has 5 nitrogen and oxygen atoms in total. The Balaban J connectivity index is 1.93. The molecule has 0 saturated carbocycles. The Labute approximate surface area is 155 Å². The van der Waals surface area contributed by atoms with Crippen molar-refractivity contribution in [2.24, 2.45) is 5.92 Å². The summed E-state index contributed by atoms with van der Waals surface area (Å²) in [4.78, 5) is 27.4. The summed E-state index contributed by atoms with van der Waals surface area (Å²) < 4.78 is 0. The van der Waals surface area contributed by atoms with Gasteiger partial charge in [-0.25, -0.2) is 0 Å². The lowest BCUT2D eigenvalue weighted by Gasteiger charge is -2.26. The molecular weight excluding hydrogens is 338 g/mol. The molecule has 1 heterocycles. The summed E-state index contributed by atoms with van der Waals surface area (Å²) in [6.07, 6.45) is 2.45. The first-order valence-corrected chi connectivity index (χ1v) is 9.35. The van der Waals surface area contributed by atoms with Crippen molar-refractivity contribution in [3.05, 3.63) is 34.9 Å². The van der Waals surface area contributed by atoms with E-state index in [0.29, 0.717) is 23.2 Å². The van der Waals surface area contributed by atoms with Crippen molar-refractivity contribution in [2.75, 3.05) is 19.6 Å². The van der Waals surface area contributed by atoms with Gasteiger partial charge in [-0.05, 0) is 50.9 Å². The molecule has 0 aliphatic carbocycles. The Bertz CT molecular complexity index is 600. The van der Waals surface area contributed by atoms with E-state index < -0.39 is 6.04 Å². The van der Waals surface area contributed by atoms with Crippen LogP contribution in [-0.4, -0.2) is 48.4 Å². The second kappa shape index (κ2) is 9.20. The monoisotopic (exact) mass is 365 g/mol. The fourth-order valence-electron chi connectivity index (χ4n) is 3.07. The summed E-state index contributed by atoms with van der Waals surface area (Å²) in [5.74, 6) is -0.498. The van der Waals surface area contributed by atoms with Crippen LogP contribution in [0.2, 0.25) is 5.02 Å². The molecule has 0 unspecified atom stereocenters. The topological polar surface area (TPSA) is 61.4 Å². The summed E-state index contributed by atoms with van der Waals surface area (Å²) in [5, 5.41) is 6.18. The van der Waals surface area contributed by atoms with E-state index in [1.54, 1.807) is 24.3 Å². The third kappa shape index (κ3) is 5.44. The average Bonchev–Trinajstić information content (AvgIpc) is 3.11. The molecule has 1 aromatic carbocycles. The van der Waals surface area contributed by atoms with Gasteiger partial charge in [-0.2, -0.15) is 0 Å². The van der Waals surface area contributed by atoms with Gasteiger partial charge in [0.05, 0.1) is 10.6 Å². The summed E-state index contributed by atoms with van der Waals surface area (Å²) >= 11 is 6.07. The third-order valence-electron chi connectivity index (χ3n) is 4.69. The number of amides is 2. The van der Waals surface area contributed by atoms with E-state index in [1.807, 2.05) is 13.8 Å². The van der Waals surface area contributed by atoms with Gasteiger partial charge in [0.15, 0.2) is 0 Å². The molecule has 25 heavy (non-hydrogen) atoms. The minimum absolute atomic E-state index is 0.0199. The van der Waals surface area contributed by atoms with E-state index >= 15 is 0 Å². The van der Waals surface area contributed by atoms with Gasteiger partial charge in [-0.3, -0.25) is 14.5 Å². The number of hydrogen-bond donors (Lipinski definition) is 2. The van der Waals surface area contributed by atoms with Gasteiger partial charge >= 0.3 is 0 Å². The van der Waals surface area contributed by atoms with E-state index in [2.05, 4.69) is 22.5 Å². The number of halogens is 1. The Morgan fingerprint density at radius 2 is 1.80 bits per heavy atom. The zero-order chi connectivity index (χ0) is 18.4. The normalized spacial score (nSPS) is 17.3. The molecule has 2 atom stereocenters. The number of hydrogen-bond acceptors (Lipinski definition) is 3. The van der Waals surface area contributed by atoms with Gasteiger partial charge in [-0.1, -0.05) is 37.6 Å². The molecule has 2 amide bonds. The van der Waals surface area contributed by atoms with Crippen molar-refractivity contribution >= 4 is 23.4 Å². The standard InChI is InChI=1S/C19H28ClN3O2/c1-13(2)17(22-18(24)15-8-4-5-9-16(15)20)19(25)21-12-14(3)23-10-6-7-11-23/h4-5,8-9,13-14,17H,6-7,10-12H2,1-3H3,(H,21,25)(H,22,24)/t14-,17-/m0/s1. The molecule has 1 fully saturated rings. The highest BCUT2D eigenvalue weighted by molar-refractivity contribution is 6.33. The quantitative estimate of drug-likeness (QED) is 0.781. The van der Waals surface area contributed by atoms with Crippen LogP contribution in [0.15, 0.2) is 24.3 Å². The molecule has 2 N–H and O–H groups in total. The molecule has 1 aromatic rings. The smallest absolute Gasteiger partial charge is 0.253 e. The van der Waals surface area contributed by atoms with Crippen LogP contribution in [-0.2, 0) is 4.79 Å². The number of carbonyl (C=O) groups excluding carboxylic acids is 2. The number of nitrogens with one attached hydrogen (secondary N) is 2. The van der Waals surface area contributed by atoms with Crippen LogP contribution < -0.4 is 10.6 Å². The van der Waals surface area contributed by atoms with Crippen molar-refractivity contribution in [3.63, 3.8) is 0 Å². The highest BCUT2D eigenvalue weighted by Gasteiger charge is 2.26. The zero-order valence-electron chi connectivity index (χ0n) is 15.2. The van der Waals surface area contributed by atoms with Crippen LogP contribution in [0.3, 0.4) is 0 Å². The molecular formula is C19H28ClN3O2. The molecule has 2 rings (SSSR count). The summed E-state index contributed by atoms with van der Waals surface area (Å²) in [6, 6.07) is 6.56. The maximum atomic E-state index is 12.6. The number of carbonyl (C=O) groups is 2. The van der Waals surface area contributed by atoms with E-state index in [4.69, 9.17) is 11.6 Å². The van der Waals surface area contributed by atoms with Crippen LogP contribution >= 0.6 is 11.6 Å². The minimum Gasteiger partial charge on any atom is -0.353 e. The van der Waals surface area contributed by atoms with Crippen LogP contribution in [0.25, 0.3) is 0 Å². The van der Waals surface area contributed by atoms with Crippen LogP contribution in [0.4, 0.5) is 0 Å². The largest absolute Gasteiger partial charge is 0.353 e. The molecule has 0 spiro atoms. The van der Waals surface area contributed by atoms with Gasteiger partial charge in [0.2, 0.25) is 5.91 Å². The Morgan fingerprint density at radius 3 is 2.40 bits per heavy atom. The first-order chi connectivity index (χ1) is 11.9. The van der Waals surface area contributed by atoms with E-state index in [0.717, 1.165) is 13.1 Å². The molecule has 1 aliphatic rings. The lowest BCUT2D eigenvalue weighted by molar-refractivity contribution is -0.124. The van der Waals surface area contributed by atoms with Gasteiger partial charge < -0.3 is 10.6 Å². The third-order valence-corrected chi connectivity index (χ3v) is 5.02. The first kappa shape index (κ1) is 19.7. The van der Waals surface area contributed by atoms with Crippen LogP contribution in [0.5, 0.6) is 0 Å². The highest BCUT2D eigenvalue weighted by atomic mass is 35.5. The van der Waals surface area contributed by atoms with Crippen LogP contribution in [0.1, 0.15) is 44.0 Å². The molecule has 0 aromatic heterocycles. The van der Waals surface area contributed by atoms with Gasteiger partial charge in [0.1, 0.15) is 6.04 Å². The SMILES string of the molecule is CC(C)[C@H](NC(=O)c1ccccc1Cl)C(=O)NC[C@H](C)N1CCCC1. The summed E-state index contributed by atoms with van der Waals surface area (Å²) in [7, 11) is 0. The average molecular weight is 366 g/mol. The first-order valence-electron chi connectivity index (χ1n) is 8.97. The minimum atomic E-state index is -0.588. The van der Waals surface area contributed by atoms with Crippen molar-refractivity contribution in [1.29, 1.82) is 0 Å². The lowest BCUT2D eigenvalue weighted by Crippen LogP contribution is -2.52.